The Morgan fingerprint density at radius 3 is 2.50 bits per heavy atom. The van der Waals surface area contributed by atoms with Gasteiger partial charge in [0.1, 0.15) is 0 Å². The number of methoxy groups -OCH3 is 1. The van der Waals surface area contributed by atoms with E-state index in [4.69, 9.17) is 21.1 Å². The zero-order valence-electron chi connectivity index (χ0n) is 16.8. The lowest BCUT2D eigenvalue weighted by Gasteiger charge is -2.35. The second-order valence-corrected chi connectivity index (χ2v) is 7.54. The molecule has 28 heavy (non-hydrogen) atoms. The Hall–Kier alpha value is -1.22. The van der Waals surface area contributed by atoms with Crippen LogP contribution in [0.15, 0.2) is 24.3 Å². The summed E-state index contributed by atoms with van der Waals surface area (Å²) in [6.45, 7) is 7.57. The third kappa shape index (κ3) is 8.43. The summed E-state index contributed by atoms with van der Waals surface area (Å²) in [4.78, 5) is 16.2. The van der Waals surface area contributed by atoms with Crippen LogP contribution in [0.2, 0.25) is 5.02 Å². The van der Waals surface area contributed by atoms with Gasteiger partial charge in [-0.2, -0.15) is 0 Å². The maximum Gasteiger partial charge on any atom is 0.234 e. The molecule has 0 radical (unpaired) electrons. The molecule has 1 saturated heterocycles. The number of hydrogen-bond donors (Lipinski definition) is 2. The molecule has 2 atom stereocenters. The highest BCUT2D eigenvalue weighted by Crippen LogP contribution is 2.19. The van der Waals surface area contributed by atoms with Gasteiger partial charge >= 0.3 is 0 Å². The number of rotatable bonds is 11. The third-order valence-electron chi connectivity index (χ3n) is 4.81. The molecule has 1 aromatic rings. The molecular formula is C20H32ClN3O4. The average molecular weight is 414 g/mol. The smallest absolute Gasteiger partial charge is 0.234 e. The largest absolute Gasteiger partial charge is 0.389 e. The number of piperazine rings is 1. The molecule has 1 aromatic carbocycles. The van der Waals surface area contributed by atoms with Crippen LogP contribution in [-0.4, -0.2) is 93.1 Å². The summed E-state index contributed by atoms with van der Waals surface area (Å²) in [6, 6.07) is 7.54. The molecule has 1 aliphatic heterocycles. The van der Waals surface area contributed by atoms with Gasteiger partial charge in [0, 0.05) is 51.4 Å². The van der Waals surface area contributed by atoms with Crippen molar-refractivity contribution >= 4 is 17.5 Å². The molecule has 1 fully saturated rings. The van der Waals surface area contributed by atoms with Gasteiger partial charge in [-0.05, 0) is 24.6 Å². The van der Waals surface area contributed by atoms with Crippen molar-refractivity contribution in [2.75, 3.05) is 66.1 Å². The number of halogens is 1. The van der Waals surface area contributed by atoms with Gasteiger partial charge < -0.3 is 19.9 Å². The van der Waals surface area contributed by atoms with Crippen LogP contribution in [0.4, 0.5) is 0 Å². The van der Waals surface area contributed by atoms with E-state index in [1.807, 2.05) is 31.2 Å². The summed E-state index contributed by atoms with van der Waals surface area (Å²) in [7, 11) is 1.61. The molecule has 1 heterocycles. The molecular weight excluding hydrogens is 382 g/mol. The Kier molecular flexibility index (Phi) is 10.2. The summed E-state index contributed by atoms with van der Waals surface area (Å²) in [6.07, 6.45) is -0.640. The Bertz CT molecular complexity index is 579. The van der Waals surface area contributed by atoms with Gasteiger partial charge in [0.05, 0.1) is 32.0 Å². The maximum atomic E-state index is 11.8. The summed E-state index contributed by atoms with van der Waals surface area (Å²) in [5.74, 6) is 0.0233. The van der Waals surface area contributed by atoms with Crippen LogP contribution >= 0.6 is 11.6 Å². The predicted octanol–water partition coefficient (Wildman–Crippen LogP) is 1.16. The van der Waals surface area contributed by atoms with Crippen molar-refractivity contribution in [3.8, 4) is 0 Å². The molecule has 2 rings (SSSR count). The van der Waals surface area contributed by atoms with Crippen molar-refractivity contribution in [2.24, 2.45) is 0 Å². The second kappa shape index (κ2) is 12.4. The van der Waals surface area contributed by atoms with Gasteiger partial charge in [-0.15, -0.1) is 0 Å². The number of benzene rings is 1. The molecule has 8 heteroatoms. The van der Waals surface area contributed by atoms with Crippen LogP contribution < -0.4 is 5.32 Å². The number of aliphatic hydroxyl groups is 1. The van der Waals surface area contributed by atoms with E-state index < -0.39 is 6.10 Å². The number of nitrogens with zero attached hydrogens (tertiary/aromatic N) is 2. The Balaban J connectivity index is 1.61. The number of ether oxygens (including phenoxy) is 2. The molecule has 2 N–H and O–H groups in total. The lowest BCUT2D eigenvalue weighted by molar-refractivity contribution is -0.122. The van der Waals surface area contributed by atoms with Crippen LogP contribution in [0.25, 0.3) is 0 Å². The minimum absolute atomic E-state index is 0.0233. The first kappa shape index (κ1) is 23.1. The van der Waals surface area contributed by atoms with Crippen LogP contribution in [0.1, 0.15) is 18.6 Å². The van der Waals surface area contributed by atoms with Gasteiger partial charge in [0.2, 0.25) is 5.91 Å². The standard InChI is InChI=1S/C20H32ClN3O4/c1-16(17-3-5-18(21)6-4-17)28-15-19(25)13-23-8-10-24(11-9-23)14-20(26)22-7-12-27-2/h3-6,16,19,25H,7-15H2,1-2H3,(H,22,26). The molecule has 7 nitrogen and oxygen atoms in total. The van der Waals surface area contributed by atoms with Crippen molar-refractivity contribution in [2.45, 2.75) is 19.1 Å². The second-order valence-electron chi connectivity index (χ2n) is 7.10. The van der Waals surface area contributed by atoms with Crippen molar-refractivity contribution in [1.29, 1.82) is 0 Å². The van der Waals surface area contributed by atoms with E-state index in [2.05, 4.69) is 15.1 Å². The first-order chi connectivity index (χ1) is 13.5. The Labute approximate surface area is 172 Å². The number of nitrogens with one attached hydrogen (secondary N) is 1. The highest BCUT2D eigenvalue weighted by atomic mass is 35.5. The third-order valence-corrected chi connectivity index (χ3v) is 5.06. The fourth-order valence-corrected chi connectivity index (χ4v) is 3.24. The molecule has 158 valence electrons. The van der Waals surface area contributed by atoms with E-state index >= 15 is 0 Å². The van der Waals surface area contributed by atoms with E-state index in [0.717, 1.165) is 31.7 Å². The zero-order valence-corrected chi connectivity index (χ0v) is 17.5. The van der Waals surface area contributed by atoms with E-state index in [1.54, 1.807) is 7.11 Å². The summed E-state index contributed by atoms with van der Waals surface area (Å²) in [5.41, 5.74) is 1.04. The summed E-state index contributed by atoms with van der Waals surface area (Å²) < 4.78 is 10.7. The minimum Gasteiger partial charge on any atom is -0.389 e. The molecule has 0 bridgehead atoms. The van der Waals surface area contributed by atoms with Gasteiger partial charge in [-0.1, -0.05) is 23.7 Å². The average Bonchev–Trinajstić information content (AvgIpc) is 2.68. The number of aliphatic hydroxyl groups excluding tert-OH is 1. The van der Waals surface area contributed by atoms with Gasteiger partial charge in [-0.3, -0.25) is 14.6 Å². The number of β-amino-alcohol motifs (C(OH)–C–C–N with tert-alkyl or cyclic N) is 1. The number of carbonyl (C=O) groups excluding carboxylic acids is 1. The quantitative estimate of drug-likeness (QED) is 0.530. The fourth-order valence-electron chi connectivity index (χ4n) is 3.12. The highest BCUT2D eigenvalue weighted by molar-refractivity contribution is 6.30. The van der Waals surface area contributed by atoms with Gasteiger partial charge in [0.25, 0.3) is 0 Å². The van der Waals surface area contributed by atoms with Crippen molar-refractivity contribution in [3.05, 3.63) is 34.9 Å². The van der Waals surface area contributed by atoms with E-state index in [1.165, 1.54) is 0 Å². The normalized spacial score (nSPS) is 18.0. The molecule has 0 saturated carbocycles. The number of hydrogen-bond acceptors (Lipinski definition) is 6. The lowest BCUT2D eigenvalue weighted by atomic mass is 10.1. The lowest BCUT2D eigenvalue weighted by Crippen LogP contribution is -2.51. The number of carbonyl (C=O) groups is 1. The first-order valence-electron chi connectivity index (χ1n) is 9.73. The topological polar surface area (TPSA) is 74.3 Å². The summed E-state index contributed by atoms with van der Waals surface area (Å²) >= 11 is 5.90. The Morgan fingerprint density at radius 1 is 1.21 bits per heavy atom. The SMILES string of the molecule is COCCNC(=O)CN1CCN(CC(O)COC(C)c2ccc(Cl)cc2)CC1. The van der Waals surface area contributed by atoms with E-state index in [0.29, 0.717) is 31.3 Å². The van der Waals surface area contributed by atoms with E-state index in [9.17, 15) is 9.90 Å². The van der Waals surface area contributed by atoms with Crippen molar-refractivity contribution in [3.63, 3.8) is 0 Å². The molecule has 2 unspecified atom stereocenters. The highest BCUT2D eigenvalue weighted by Gasteiger charge is 2.21. The Morgan fingerprint density at radius 2 is 1.86 bits per heavy atom. The van der Waals surface area contributed by atoms with Gasteiger partial charge in [-0.25, -0.2) is 0 Å². The van der Waals surface area contributed by atoms with Crippen LogP contribution in [0, 0.1) is 0 Å². The minimum atomic E-state index is -0.543. The molecule has 1 amide bonds. The van der Waals surface area contributed by atoms with Crippen LogP contribution in [-0.2, 0) is 14.3 Å². The van der Waals surface area contributed by atoms with E-state index in [-0.39, 0.29) is 18.6 Å². The monoisotopic (exact) mass is 413 g/mol. The van der Waals surface area contributed by atoms with Crippen molar-refractivity contribution < 1.29 is 19.4 Å². The van der Waals surface area contributed by atoms with Crippen LogP contribution in [0.3, 0.4) is 0 Å². The first-order valence-corrected chi connectivity index (χ1v) is 10.1. The predicted molar refractivity (Wildman–Crippen MR) is 110 cm³/mol. The fraction of sp³-hybridized carbons (Fsp3) is 0.650. The molecule has 1 aliphatic rings. The molecule has 0 aromatic heterocycles. The number of amides is 1. The van der Waals surface area contributed by atoms with Crippen LogP contribution in [0.5, 0.6) is 0 Å². The summed E-state index contributed by atoms with van der Waals surface area (Å²) in [5, 5.41) is 13.8. The molecule has 0 spiro atoms. The van der Waals surface area contributed by atoms with Gasteiger partial charge in [0.15, 0.2) is 0 Å². The van der Waals surface area contributed by atoms with Crippen molar-refractivity contribution in [1.82, 2.24) is 15.1 Å². The zero-order chi connectivity index (χ0) is 20.4. The molecule has 0 aliphatic carbocycles. The maximum absolute atomic E-state index is 11.8.